The first kappa shape index (κ1) is 46.4. The minimum atomic E-state index is -1.20. The number of carbonyl (C=O) groups is 5. The Hall–Kier alpha value is -1.69. The molecule has 0 aromatic carbocycles. The standard InChI is InChI=1S/C26H51N7O12.Gd/c34-13-9-29(10-14-35)3-1-27-22(38)17-32(20-25(42)43)7-5-31(19-24(40)41)6-8-33(21-26(44)45)18-23(39)28-2-4-30(11-15-36)12-16-37;/h34-37H,1-21H2,(H,27,38)(H,28,39)(H,40,41)(H,42,43)(H,44,45);/q;+3. The Labute approximate surface area is 300 Å². The van der Waals surface area contributed by atoms with Gasteiger partial charge in [0, 0.05) is 78.5 Å². The molecule has 2 amide bonds. The van der Waals surface area contributed by atoms with Crippen LogP contribution in [0.1, 0.15) is 0 Å². The summed E-state index contributed by atoms with van der Waals surface area (Å²) in [6.45, 7) is -0.0519. The van der Waals surface area contributed by atoms with Crippen LogP contribution in [-0.2, 0) is 24.0 Å². The summed E-state index contributed by atoms with van der Waals surface area (Å²) in [7, 11) is 0. The Morgan fingerprint density at radius 3 is 0.957 bits per heavy atom. The van der Waals surface area contributed by atoms with E-state index in [-0.39, 0.29) is 119 Å². The van der Waals surface area contributed by atoms with Crippen LogP contribution >= 0.6 is 0 Å². The van der Waals surface area contributed by atoms with E-state index in [0.717, 1.165) is 0 Å². The van der Waals surface area contributed by atoms with E-state index in [9.17, 15) is 39.3 Å². The van der Waals surface area contributed by atoms with E-state index >= 15 is 0 Å². The fraction of sp³-hybridized carbons (Fsp3) is 0.808. The smallest absolute Gasteiger partial charge is 0.480 e. The second-order valence-electron chi connectivity index (χ2n) is 10.2. The molecule has 0 aliphatic heterocycles. The van der Waals surface area contributed by atoms with Gasteiger partial charge in [-0.3, -0.25) is 48.5 Å². The van der Waals surface area contributed by atoms with E-state index in [2.05, 4.69) is 10.6 Å². The minimum absolute atomic E-state index is 0. The van der Waals surface area contributed by atoms with Crippen molar-refractivity contribution in [2.45, 2.75) is 0 Å². The number of rotatable bonds is 30. The second kappa shape index (κ2) is 29.5. The van der Waals surface area contributed by atoms with E-state index in [1.807, 2.05) is 0 Å². The maximum Gasteiger partial charge on any atom is 3.00 e. The Bertz CT molecular complexity index is 805. The number of nitrogens with zero attached hydrogens (tertiary/aromatic N) is 5. The van der Waals surface area contributed by atoms with Crippen LogP contribution in [0.4, 0.5) is 0 Å². The van der Waals surface area contributed by atoms with Crippen molar-refractivity contribution < 1.29 is 99.7 Å². The van der Waals surface area contributed by atoms with Crippen LogP contribution in [0.3, 0.4) is 0 Å². The quantitative estimate of drug-likeness (QED) is 0.0327. The zero-order valence-corrected chi connectivity index (χ0v) is 28.4. The summed E-state index contributed by atoms with van der Waals surface area (Å²) < 4.78 is 0. The van der Waals surface area contributed by atoms with Crippen LogP contribution in [0.15, 0.2) is 0 Å². The topological polar surface area (TPSA) is 267 Å². The number of carbonyl (C=O) groups excluding carboxylic acids is 2. The van der Waals surface area contributed by atoms with Crippen molar-refractivity contribution in [2.24, 2.45) is 0 Å². The number of hydrogen-bond donors (Lipinski definition) is 9. The predicted molar refractivity (Wildman–Crippen MR) is 159 cm³/mol. The second-order valence-corrected chi connectivity index (χ2v) is 10.2. The molecule has 0 heterocycles. The summed E-state index contributed by atoms with van der Waals surface area (Å²) in [5.74, 6) is -4.50. The molecule has 0 unspecified atom stereocenters. The summed E-state index contributed by atoms with van der Waals surface area (Å²) in [6.07, 6.45) is 0. The maximum absolute atomic E-state index is 12.5. The van der Waals surface area contributed by atoms with Crippen molar-refractivity contribution in [3.8, 4) is 0 Å². The van der Waals surface area contributed by atoms with Crippen LogP contribution in [0.25, 0.3) is 0 Å². The van der Waals surface area contributed by atoms with Gasteiger partial charge >= 0.3 is 57.8 Å². The predicted octanol–water partition coefficient (Wildman–Crippen LogP) is -6.05. The number of carboxylic acids is 3. The average Bonchev–Trinajstić information content (AvgIpc) is 2.93. The van der Waals surface area contributed by atoms with Gasteiger partial charge in [-0.15, -0.1) is 0 Å². The van der Waals surface area contributed by atoms with Gasteiger partial charge in [0.05, 0.1) is 59.2 Å². The molecule has 9 N–H and O–H groups in total. The van der Waals surface area contributed by atoms with Crippen LogP contribution < -0.4 is 10.6 Å². The monoisotopic (exact) mass is 811 g/mol. The van der Waals surface area contributed by atoms with Crippen molar-refractivity contribution in [3.63, 3.8) is 0 Å². The molecule has 0 aromatic rings. The normalized spacial score (nSPS) is 11.3. The van der Waals surface area contributed by atoms with Gasteiger partial charge in [0.15, 0.2) is 0 Å². The minimum Gasteiger partial charge on any atom is -0.480 e. The summed E-state index contributed by atoms with van der Waals surface area (Å²) in [5, 5.41) is 69.6. The molecule has 0 aliphatic rings. The number of hydrogen-bond acceptors (Lipinski definition) is 14. The van der Waals surface area contributed by atoms with Crippen LogP contribution in [0.2, 0.25) is 0 Å². The molecular weight excluding hydrogens is 760 g/mol. The van der Waals surface area contributed by atoms with Gasteiger partial charge in [-0.05, 0) is 0 Å². The van der Waals surface area contributed by atoms with Crippen molar-refractivity contribution in [1.82, 2.24) is 35.1 Å². The molecule has 46 heavy (non-hydrogen) atoms. The largest absolute Gasteiger partial charge is 3.00 e. The third-order valence-corrected chi connectivity index (χ3v) is 6.44. The van der Waals surface area contributed by atoms with Gasteiger partial charge in [0.1, 0.15) is 0 Å². The van der Waals surface area contributed by atoms with Crippen molar-refractivity contribution in [3.05, 3.63) is 0 Å². The van der Waals surface area contributed by atoms with Crippen LogP contribution in [-0.4, -0.2) is 228 Å². The molecule has 0 saturated carbocycles. The van der Waals surface area contributed by atoms with Gasteiger partial charge in [-0.1, -0.05) is 0 Å². The zero-order valence-electron chi connectivity index (χ0n) is 26.1. The Balaban J connectivity index is 0. The Morgan fingerprint density at radius 2 is 0.674 bits per heavy atom. The Kier molecular flexibility index (Phi) is 29.7. The molecule has 0 fully saturated rings. The summed E-state index contributed by atoms with van der Waals surface area (Å²) in [5.41, 5.74) is 0. The van der Waals surface area contributed by atoms with Crippen LogP contribution in [0.5, 0.6) is 0 Å². The van der Waals surface area contributed by atoms with Gasteiger partial charge in [-0.2, -0.15) is 0 Å². The number of amides is 2. The number of nitrogens with one attached hydrogen (secondary N) is 2. The number of aliphatic carboxylic acids is 3. The van der Waals surface area contributed by atoms with Gasteiger partial charge in [0.2, 0.25) is 11.8 Å². The van der Waals surface area contributed by atoms with Gasteiger partial charge in [0.25, 0.3) is 0 Å². The molecule has 0 aromatic heterocycles. The molecule has 0 atom stereocenters. The molecular formula is C26H51GdN7O12+3. The van der Waals surface area contributed by atoms with Crippen molar-refractivity contribution in [2.75, 3.05) is 138 Å². The van der Waals surface area contributed by atoms with E-state index < -0.39 is 49.4 Å². The van der Waals surface area contributed by atoms with E-state index in [4.69, 9.17) is 20.4 Å². The number of carboxylic acid groups (broad SMARTS) is 3. The Morgan fingerprint density at radius 1 is 0.391 bits per heavy atom. The van der Waals surface area contributed by atoms with Crippen molar-refractivity contribution in [1.29, 1.82) is 0 Å². The third-order valence-electron chi connectivity index (χ3n) is 6.44. The molecule has 20 heteroatoms. The first-order valence-corrected chi connectivity index (χ1v) is 14.7. The number of aliphatic hydroxyl groups is 4. The van der Waals surface area contributed by atoms with Gasteiger partial charge < -0.3 is 46.4 Å². The molecule has 1 radical (unpaired) electrons. The first-order valence-electron chi connectivity index (χ1n) is 14.7. The molecule has 267 valence electrons. The van der Waals surface area contributed by atoms with Gasteiger partial charge in [-0.25, -0.2) is 0 Å². The van der Waals surface area contributed by atoms with E-state index in [1.54, 1.807) is 9.80 Å². The molecule has 0 spiro atoms. The SMILES string of the molecule is O=C(O)CN(CCN(CC(=O)O)CC(=O)NCCN(CCO)CCO)CCN(CC(=O)O)CC(=O)NCCN(CCO)CCO.[Gd+3]. The van der Waals surface area contributed by atoms with Crippen molar-refractivity contribution >= 4 is 29.7 Å². The first-order chi connectivity index (χ1) is 21.4. The molecule has 19 nitrogen and oxygen atoms in total. The fourth-order valence-electron chi connectivity index (χ4n) is 4.30. The maximum atomic E-state index is 12.5. The average molecular weight is 811 g/mol. The van der Waals surface area contributed by atoms with Crippen LogP contribution in [0, 0.1) is 39.9 Å². The van der Waals surface area contributed by atoms with E-state index in [1.165, 1.54) is 14.7 Å². The fourth-order valence-corrected chi connectivity index (χ4v) is 4.30. The summed E-state index contributed by atoms with van der Waals surface area (Å²) in [4.78, 5) is 66.8. The zero-order chi connectivity index (χ0) is 34.0. The third kappa shape index (κ3) is 26.4. The number of aliphatic hydroxyl groups excluding tert-OH is 4. The summed E-state index contributed by atoms with van der Waals surface area (Å²) in [6, 6.07) is 0. The van der Waals surface area contributed by atoms with E-state index in [0.29, 0.717) is 39.3 Å². The molecule has 0 rings (SSSR count). The molecule has 0 aliphatic carbocycles. The molecule has 0 saturated heterocycles. The summed E-state index contributed by atoms with van der Waals surface area (Å²) >= 11 is 0. The molecule has 0 bridgehead atoms.